The SMILES string of the molecule is CCOC(=O)c1c(SC(=O)Cc2ccccc2)n(-c2ccccc2)c(=S)n(-c2ccccc2)c1=O. The molecule has 0 fully saturated rings. The van der Waals surface area contributed by atoms with Gasteiger partial charge in [0.15, 0.2) is 15.4 Å². The van der Waals surface area contributed by atoms with E-state index in [4.69, 9.17) is 17.0 Å². The van der Waals surface area contributed by atoms with Gasteiger partial charge in [-0.1, -0.05) is 66.7 Å². The number of benzene rings is 3. The number of hydrogen-bond donors (Lipinski definition) is 0. The van der Waals surface area contributed by atoms with E-state index in [1.54, 1.807) is 47.9 Å². The third-order valence-corrected chi connectivity index (χ3v) is 6.44. The molecule has 0 atom stereocenters. The number of esters is 1. The van der Waals surface area contributed by atoms with Crippen LogP contribution < -0.4 is 5.56 Å². The van der Waals surface area contributed by atoms with Crippen LogP contribution in [0.15, 0.2) is 101 Å². The summed E-state index contributed by atoms with van der Waals surface area (Å²) in [6.45, 7) is 1.74. The zero-order valence-electron chi connectivity index (χ0n) is 18.9. The first-order valence-corrected chi connectivity index (χ1v) is 12.2. The number of rotatable bonds is 7. The maximum atomic E-state index is 13.7. The Morgan fingerprint density at radius 3 is 1.89 bits per heavy atom. The second kappa shape index (κ2) is 11.1. The average molecular weight is 503 g/mol. The summed E-state index contributed by atoms with van der Waals surface area (Å²) < 4.78 is 8.26. The molecule has 0 amide bonds. The minimum atomic E-state index is -0.808. The van der Waals surface area contributed by atoms with Gasteiger partial charge in [-0.25, -0.2) is 4.79 Å². The highest BCUT2D eigenvalue weighted by Crippen LogP contribution is 2.28. The summed E-state index contributed by atoms with van der Waals surface area (Å²) >= 11 is 6.59. The molecule has 1 aromatic heterocycles. The molecule has 35 heavy (non-hydrogen) atoms. The van der Waals surface area contributed by atoms with Gasteiger partial charge < -0.3 is 4.74 Å². The molecule has 0 aliphatic carbocycles. The summed E-state index contributed by atoms with van der Waals surface area (Å²) in [6, 6.07) is 27.2. The van der Waals surface area contributed by atoms with Crippen molar-refractivity contribution in [3.8, 4) is 11.4 Å². The summed E-state index contributed by atoms with van der Waals surface area (Å²) in [4.78, 5) is 39.9. The highest BCUT2D eigenvalue weighted by molar-refractivity contribution is 8.13. The molecule has 6 nitrogen and oxygen atoms in total. The van der Waals surface area contributed by atoms with E-state index in [1.165, 1.54) is 4.57 Å². The lowest BCUT2D eigenvalue weighted by atomic mass is 10.2. The number of carbonyl (C=O) groups excluding carboxylic acids is 2. The standard InChI is InChI=1S/C27H22N2O4S2/c1-2-33-26(32)23-24(31)28(20-14-8-4-9-15-20)27(34)29(21-16-10-5-11-17-21)25(23)35-22(30)18-19-12-6-3-7-13-19/h3-17H,2,18H2,1H3. The number of thioether (sulfide) groups is 1. The van der Waals surface area contributed by atoms with Crippen LogP contribution in [0.1, 0.15) is 22.8 Å². The van der Waals surface area contributed by atoms with Crippen molar-refractivity contribution in [2.75, 3.05) is 6.61 Å². The summed E-state index contributed by atoms with van der Waals surface area (Å²) in [5, 5.41) is -0.101. The largest absolute Gasteiger partial charge is 0.462 e. The zero-order chi connectivity index (χ0) is 24.8. The summed E-state index contributed by atoms with van der Waals surface area (Å²) in [5.74, 6) is -0.808. The van der Waals surface area contributed by atoms with E-state index < -0.39 is 11.5 Å². The summed E-state index contributed by atoms with van der Waals surface area (Å²) in [7, 11) is 0. The van der Waals surface area contributed by atoms with Crippen LogP contribution in [-0.2, 0) is 16.0 Å². The topological polar surface area (TPSA) is 70.3 Å². The lowest BCUT2D eigenvalue weighted by Gasteiger charge is -2.19. The lowest BCUT2D eigenvalue weighted by Crippen LogP contribution is -2.32. The van der Waals surface area contributed by atoms with Crippen molar-refractivity contribution in [3.63, 3.8) is 0 Å². The Bertz CT molecular complexity index is 1460. The first-order valence-electron chi connectivity index (χ1n) is 11.0. The van der Waals surface area contributed by atoms with Crippen LogP contribution >= 0.6 is 24.0 Å². The molecule has 176 valence electrons. The van der Waals surface area contributed by atoms with Gasteiger partial charge in [0.2, 0.25) is 0 Å². The van der Waals surface area contributed by atoms with E-state index in [1.807, 2.05) is 54.6 Å². The van der Waals surface area contributed by atoms with E-state index in [0.717, 1.165) is 17.3 Å². The third kappa shape index (κ3) is 5.34. The van der Waals surface area contributed by atoms with E-state index >= 15 is 0 Å². The fourth-order valence-electron chi connectivity index (χ4n) is 3.58. The second-order valence-electron chi connectivity index (χ2n) is 7.47. The zero-order valence-corrected chi connectivity index (χ0v) is 20.6. The van der Waals surface area contributed by atoms with Crippen molar-refractivity contribution < 1.29 is 14.3 Å². The van der Waals surface area contributed by atoms with Crippen molar-refractivity contribution in [3.05, 3.63) is 117 Å². The van der Waals surface area contributed by atoms with E-state index in [9.17, 15) is 14.4 Å². The second-order valence-corrected chi connectivity index (χ2v) is 8.88. The lowest BCUT2D eigenvalue weighted by molar-refractivity contribution is -0.110. The van der Waals surface area contributed by atoms with Crippen LogP contribution in [0.2, 0.25) is 0 Å². The van der Waals surface area contributed by atoms with Crippen LogP contribution in [0.4, 0.5) is 0 Å². The number of carbonyl (C=O) groups is 2. The third-order valence-electron chi connectivity index (χ3n) is 5.13. The molecule has 0 N–H and O–H groups in total. The number of aromatic nitrogens is 2. The van der Waals surface area contributed by atoms with Gasteiger partial charge in [0.1, 0.15) is 5.03 Å². The van der Waals surface area contributed by atoms with Crippen molar-refractivity contribution >= 4 is 35.1 Å². The quantitative estimate of drug-likeness (QED) is 0.146. The molecule has 0 radical (unpaired) electrons. The Hall–Kier alpha value is -3.75. The average Bonchev–Trinajstić information content (AvgIpc) is 2.86. The van der Waals surface area contributed by atoms with Gasteiger partial charge in [0.25, 0.3) is 5.56 Å². The molecule has 0 aliphatic rings. The molecule has 4 aromatic rings. The number of nitrogens with zero attached hydrogens (tertiary/aromatic N) is 2. The monoisotopic (exact) mass is 502 g/mol. The molecule has 1 heterocycles. The first-order chi connectivity index (χ1) is 17.0. The van der Waals surface area contributed by atoms with Gasteiger partial charge in [-0.3, -0.25) is 18.7 Å². The minimum absolute atomic E-state index is 0.0760. The van der Waals surface area contributed by atoms with Crippen LogP contribution in [0.25, 0.3) is 11.4 Å². The fraction of sp³-hybridized carbons (Fsp3) is 0.111. The van der Waals surface area contributed by atoms with Crippen LogP contribution in [0, 0.1) is 4.77 Å². The highest BCUT2D eigenvalue weighted by Gasteiger charge is 2.27. The van der Waals surface area contributed by atoms with Crippen LogP contribution in [-0.4, -0.2) is 26.8 Å². The normalized spacial score (nSPS) is 10.7. The first kappa shape index (κ1) is 24.4. The molecule has 0 aliphatic heterocycles. The molecule has 8 heteroatoms. The molecular formula is C27H22N2O4S2. The summed E-state index contributed by atoms with van der Waals surface area (Å²) in [5.41, 5.74) is 1.07. The van der Waals surface area contributed by atoms with Crippen molar-refractivity contribution in [1.29, 1.82) is 0 Å². The van der Waals surface area contributed by atoms with E-state index in [2.05, 4.69) is 0 Å². The number of hydrogen-bond acceptors (Lipinski definition) is 6. The Labute approximate surface area is 211 Å². The molecule has 0 bridgehead atoms. The van der Waals surface area contributed by atoms with Gasteiger partial charge in [-0.15, -0.1) is 0 Å². The molecule has 0 spiro atoms. The molecule has 0 unspecified atom stereocenters. The predicted molar refractivity (Wildman–Crippen MR) is 139 cm³/mol. The molecule has 3 aromatic carbocycles. The Morgan fingerprint density at radius 1 is 0.829 bits per heavy atom. The van der Waals surface area contributed by atoms with Crippen molar-refractivity contribution in [2.45, 2.75) is 18.4 Å². The van der Waals surface area contributed by atoms with Crippen molar-refractivity contribution in [2.24, 2.45) is 0 Å². The summed E-state index contributed by atoms with van der Waals surface area (Å²) in [6.07, 6.45) is 0.122. The number of para-hydroxylation sites is 2. The molecule has 0 saturated heterocycles. The maximum Gasteiger partial charge on any atom is 0.346 e. The highest BCUT2D eigenvalue weighted by atomic mass is 32.2. The van der Waals surface area contributed by atoms with Gasteiger partial charge in [0.05, 0.1) is 12.3 Å². The molecular weight excluding hydrogens is 480 g/mol. The van der Waals surface area contributed by atoms with Crippen LogP contribution in [0.5, 0.6) is 0 Å². The Balaban J connectivity index is 1.98. The van der Waals surface area contributed by atoms with Gasteiger partial charge in [-0.2, -0.15) is 0 Å². The Morgan fingerprint density at radius 2 is 1.34 bits per heavy atom. The van der Waals surface area contributed by atoms with Gasteiger partial charge in [-0.05, 0) is 60.7 Å². The fourth-order valence-corrected chi connectivity index (χ4v) is 5.03. The molecule has 0 saturated carbocycles. The van der Waals surface area contributed by atoms with Crippen LogP contribution in [0.3, 0.4) is 0 Å². The van der Waals surface area contributed by atoms with E-state index in [0.29, 0.717) is 11.4 Å². The maximum absolute atomic E-state index is 13.7. The Kier molecular flexibility index (Phi) is 7.74. The minimum Gasteiger partial charge on any atom is -0.462 e. The van der Waals surface area contributed by atoms with E-state index in [-0.39, 0.29) is 33.5 Å². The van der Waals surface area contributed by atoms with Gasteiger partial charge >= 0.3 is 5.97 Å². The number of ether oxygens (including phenoxy) is 1. The predicted octanol–water partition coefficient (Wildman–Crippen LogP) is 5.40. The van der Waals surface area contributed by atoms with Crippen molar-refractivity contribution in [1.82, 2.24) is 9.13 Å². The van der Waals surface area contributed by atoms with Gasteiger partial charge in [0, 0.05) is 12.1 Å². The molecule has 4 rings (SSSR count). The smallest absolute Gasteiger partial charge is 0.346 e.